The summed E-state index contributed by atoms with van der Waals surface area (Å²) in [6, 6.07) is 16.6. The van der Waals surface area contributed by atoms with E-state index in [2.05, 4.69) is 25.8 Å². The predicted octanol–water partition coefficient (Wildman–Crippen LogP) is 2.39. The highest BCUT2D eigenvalue weighted by Crippen LogP contribution is 2.39. The highest BCUT2D eigenvalue weighted by Gasteiger charge is 2.54. The molecule has 3 N–H and O–H groups in total. The minimum Gasteiger partial charge on any atom is -0.352 e. The summed E-state index contributed by atoms with van der Waals surface area (Å²) in [7, 11) is 0. The summed E-state index contributed by atoms with van der Waals surface area (Å²) in [4.78, 5) is 62.3. The van der Waals surface area contributed by atoms with Crippen molar-refractivity contribution in [3.63, 3.8) is 0 Å². The van der Waals surface area contributed by atoms with Crippen molar-refractivity contribution in [1.29, 1.82) is 0 Å². The Labute approximate surface area is 288 Å². The average molecular weight is 678 g/mol. The van der Waals surface area contributed by atoms with E-state index in [0.717, 1.165) is 63.1 Å². The van der Waals surface area contributed by atoms with Crippen LogP contribution in [0.25, 0.3) is 0 Å². The topological polar surface area (TPSA) is 117 Å². The first-order valence-corrected chi connectivity index (χ1v) is 17.9. The molecule has 1 unspecified atom stereocenters. The predicted molar refractivity (Wildman–Crippen MR) is 185 cm³/mol. The number of nitrogens with one attached hydrogen (secondary N) is 3. The highest BCUT2D eigenvalue weighted by atomic mass is 35.5. The fraction of sp³-hybridized carbons (Fsp3) is 0.556. The zero-order chi connectivity index (χ0) is 33.5. The molecule has 4 aliphatic rings. The fourth-order valence-electron chi connectivity index (χ4n) is 7.70. The molecule has 2 aromatic carbocycles. The lowest BCUT2D eigenvalue weighted by atomic mass is 9.85. The van der Waals surface area contributed by atoms with Gasteiger partial charge in [-0.15, -0.1) is 0 Å². The van der Waals surface area contributed by atoms with Crippen LogP contribution in [0.15, 0.2) is 54.6 Å². The third-order valence-corrected chi connectivity index (χ3v) is 10.6. The van der Waals surface area contributed by atoms with Crippen LogP contribution in [0.4, 0.5) is 5.69 Å². The number of para-hydroxylation sites is 1. The zero-order valence-corrected chi connectivity index (χ0v) is 28.4. The summed E-state index contributed by atoms with van der Waals surface area (Å²) in [5.74, 6) is -0.524. The molecule has 12 heteroatoms. The standard InChI is InChI=1S/C36H48ClN7O4/c37-28-13-11-27(12-14-28)23-31(40-32(45)24-41-21-17-38-18-22-41)34(47)42-19-15-36(16-20-42)35(48)43(26-44(36)30-9-5-2-6-10-30)25-33(46)39-29-7-3-1-4-8-29/h2,5-6,9-14,29,31,38H,1,3-4,7-8,15-26H2,(H,39,46)(H,40,45). The molecule has 1 atom stereocenters. The van der Waals surface area contributed by atoms with Crippen molar-refractivity contribution in [2.24, 2.45) is 0 Å². The summed E-state index contributed by atoms with van der Waals surface area (Å²) in [5, 5.41) is 10.1. The molecule has 1 aliphatic carbocycles. The first-order valence-electron chi connectivity index (χ1n) is 17.5. The number of anilines is 1. The first-order chi connectivity index (χ1) is 23.3. The third-order valence-electron chi connectivity index (χ3n) is 10.4. The van der Waals surface area contributed by atoms with Crippen LogP contribution < -0.4 is 20.9 Å². The lowest BCUT2D eigenvalue weighted by molar-refractivity contribution is -0.141. The molecular formula is C36H48ClN7O4. The van der Waals surface area contributed by atoms with Gasteiger partial charge in [0.1, 0.15) is 18.1 Å². The van der Waals surface area contributed by atoms with Crippen LogP contribution >= 0.6 is 11.6 Å². The number of amides is 4. The summed E-state index contributed by atoms with van der Waals surface area (Å²) in [6.45, 7) is 4.52. The van der Waals surface area contributed by atoms with Gasteiger partial charge in [-0.2, -0.15) is 0 Å². The Kier molecular flexibility index (Phi) is 11.2. The van der Waals surface area contributed by atoms with Gasteiger partial charge in [-0.25, -0.2) is 0 Å². The monoisotopic (exact) mass is 677 g/mol. The number of carbonyl (C=O) groups is 4. The minimum atomic E-state index is -0.861. The van der Waals surface area contributed by atoms with E-state index < -0.39 is 11.6 Å². The molecule has 1 spiro atoms. The molecule has 2 aromatic rings. The number of benzene rings is 2. The Hall–Kier alpha value is -3.67. The number of likely N-dealkylation sites (tertiary alicyclic amines) is 1. The van der Waals surface area contributed by atoms with Gasteiger partial charge in [-0.1, -0.05) is 61.2 Å². The van der Waals surface area contributed by atoms with Gasteiger partial charge in [0, 0.05) is 62.4 Å². The molecule has 0 aromatic heterocycles. The van der Waals surface area contributed by atoms with Gasteiger partial charge >= 0.3 is 0 Å². The van der Waals surface area contributed by atoms with Crippen LogP contribution in [-0.2, 0) is 25.6 Å². The number of halogens is 1. The normalized spacial score (nSPS) is 20.9. The summed E-state index contributed by atoms with van der Waals surface area (Å²) < 4.78 is 0. The lowest BCUT2D eigenvalue weighted by Crippen LogP contribution is -2.60. The van der Waals surface area contributed by atoms with Crippen molar-refractivity contribution in [2.75, 3.05) is 63.9 Å². The Morgan fingerprint density at radius 3 is 2.25 bits per heavy atom. The van der Waals surface area contributed by atoms with Gasteiger partial charge < -0.3 is 30.7 Å². The van der Waals surface area contributed by atoms with Crippen LogP contribution in [0, 0.1) is 0 Å². The van der Waals surface area contributed by atoms with Crippen LogP contribution in [0.2, 0.25) is 5.02 Å². The van der Waals surface area contributed by atoms with E-state index in [0.29, 0.717) is 44.0 Å². The largest absolute Gasteiger partial charge is 0.352 e. The Morgan fingerprint density at radius 2 is 1.56 bits per heavy atom. The van der Waals surface area contributed by atoms with Crippen LogP contribution in [-0.4, -0.2) is 115 Å². The van der Waals surface area contributed by atoms with Crippen molar-refractivity contribution in [2.45, 2.75) is 69.0 Å². The van der Waals surface area contributed by atoms with Gasteiger partial charge in [0.15, 0.2) is 0 Å². The summed E-state index contributed by atoms with van der Waals surface area (Å²) in [5.41, 5.74) is 0.958. The Morgan fingerprint density at radius 1 is 0.875 bits per heavy atom. The summed E-state index contributed by atoms with van der Waals surface area (Å²) in [6.07, 6.45) is 6.60. The third kappa shape index (κ3) is 8.13. The van der Waals surface area contributed by atoms with Crippen molar-refractivity contribution < 1.29 is 19.2 Å². The van der Waals surface area contributed by atoms with Crippen LogP contribution in [0.5, 0.6) is 0 Å². The van der Waals surface area contributed by atoms with E-state index in [4.69, 9.17) is 11.6 Å². The lowest BCUT2D eigenvalue weighted by Gasteiger charge is -2.44. The molecule has 0 radical (unpaired) electrons. The van der Waals surface area contributed by atoms with Gasteiger partial charge in [0.2, 0.25) is 17.7 Å². The van der Waals surface area contributed by atoms with E-state index in [1.807, 2.05) is 42.5 Å². The maximum atomic E-state index is 14.2. The van der Waals surface area contributed by atoms with E-state index in [-0.39, 0.29) is 42.8 Å². The molecule has 3 saturated heterocycles. The number of hydrogen-bond donors (Lipinski definition) is 3. The zero-order valence-electron chi connectivity index (χ0n) is 27.7. The van der Waals surface area contributed by atoms with E-state index >= 15 is 0 Å². The number of piperazine rings is 1. The molecule has 4 amide bonds. The van der Waals surface area contributed by atoms with Crippen LogP contribution in [0.1, 0.15) is 50.5 Å². The molecule has 3 aliphatic heterocycles. The van der Waals surface area contributed by atoms with Crippen LogP contribution in [0.3, 0.4) is 0 Å². The van der Waals surface area contributed by atoms with E-state index in [1.165, 1.54) is 6.42 Å². The van der Waals surface area contributed by atoms with E-state index in [1.54, 1.807) is 21.9 Å². The number of hydrogen-bond acceptors (Lipinski definition) is 7. The quantitative estimate of drug-likeness (QED) is 0.354. The Balaban J connectivity index is 1.15. The highest BCUT2D eigenvalue weighted by molar-refractivity contribution is 6.30. The second kappa shape index (κ2) is 15.7. The van der Waals surface area contributed by atoms with Gasteiger partial charge in [-0.05, 0) is 55.5 Å². The fourth-order valence-corrected chi connectivity index (χ4v) is 7.83. The number of rotatable bonds is 10. The SMILES string of the molecule is O=C(CN1CN(c2ccccc2)C2(CCN(C(=O)C(Cc3ccc(Cl)cc3)NC(=O)CN3CCNCC3)CC2)C1=O)NC1CCCCC1. The van der Waals surface area contributed by atoms with Gasteiger partial charge in [-0.3, -0.25) is 24.1 Å². The second-order valence-corrected chi connectivity index (χ2v) is 14.1. The molecule has 48 heavy (non-hydrogen) atoms. The average Bonchev–Trinajstić information content (AvgIpc) is 3.36. The van der Waals surface area contributed by atoms with Gasteiger partial charge in [0.25, 0.3) is 5.91 Å². The maximum Gasteiger partial charge on any atom is 0.250 e. The Bertz CT molecular complexity index is 1420. The van der Waals surface area contributed by atoms with Crippen molar-refractivity contribution in [3.8, 4) is 0 Å². The molecule has 1 saturated carbocycles. The maximum absolute atomic E-state index is 14.2. The second-order valence-electron chi connectivity index (χ2n) is 13.6. The molecular weight excluding hydrogens is 630 g/mol. The van der Waals surface area contributed by atoms with E-state index in [9.17, 15) is 19.2 Å². The molecule has 0 bridgehead atoms. The minimum absolute atomic E-state index is 0.0192. The number of nitrogens with zero attached hydrogens (tertiary/aromatic N) is 4. The van der Waals surface area contributed by atoms with Gasteiger partial charge in [0.05, 0.1) is 13.2 Å². The smallest absolute Gasteiger partial charge is 0.250 e. The summed E-state index contributed by atoms with van der Waals surface area (Å²) >= 11 is 6.12. The molecule has 6 rings (SSSR count). The van der Waals surface area contributed by atoms with Crippen molar-refractivity contribution >= 4 is 40.9 Å². The molecule has 11 nitrogen and oxygen atoms in total. The number of piperidine rings is 1. The number of carbonyl (C=O) groups excluding carboxylic acids is 4. The molecule has 3 heterocycles. The molecule has 4 fully saturated rings. The van der Waals surface area contributed by atoms with Crippen molar-refractivity contribution in [1.82, 2.24) is 30.7 Å². The molecule has 258 valence electrons. The van der Waals surface area contributed by atoms with Crippen molar-refractivity contribution in [3.05, 3.63) is 65.2 Å². The first kappa shape index (κ1) is 34.2.